The SMILES string of the molecule is O=C(NCCc1noc(C2CC2)n1)N1CCN(C2CCCCC2)CC1. The zero-order valence-corrected chi connectivity index (χ0v) is 15.0. The molecule has 0 spiro atoms. The number of carbonyl (C=O) groups excluding carboxylic acids is 1. The minimum absolute atomic E-state index is 0.0363. The van der Waals surface area contributed by atoms with Crippen molar-refractivity contribution < 1.29 is 9.32 Å². The number of hydrogen-bond donors (Lipinski definition) is 1. The number of amides is 2. The predicted molar refractivity (Wildman–Crippen MR) is 93.4 cm³/mol. The van der Waals surface area contributed by atoms with Crippen molar-refractivity contribution in [1.29, 1.82) is 0 Å². The lowest BCUT2D eigenvalue weighted by Crippen LogP contribution is -2.54. The molecule has 1 aromatic heterocycles. The highest BCUT2D eigenvalue weighted by Gasteiger charge is 2.30. The number of carbonyl (C=O) groups is 1. The van der Waals surface area contributed by atoms with Crippen LogP contribution in [0.15, 0.2) is 4.52 Å². The van der Waals surface area contributed by atoms with Crippen LogP contribution in [-0.2, 0) is 6.42 Å². The van der Waals surface area contributed by atoms with Gasteiger partial charge in [0, 0.05) is 51.1 Å². The van der Waals surface area contributed by atoms with Gasteiger partial charge in [-0.05, 0) is 25.7 Å². The molecule has 3 aliphatic rings. The number of aromatic nitrogens is 2. The molecule has 2 amide bonds. The molecule has 1 N–H and O–H groups in total. The molecule has 0 bridgehead atoms. The Labute approximate surface area is 149 Å². The normalized spacial score (nSPS) is 23.0. The molecule has 25 heavy (non-hydrogen) atoms. The van der Waals surface area contributed by atoms with E-state index in [-0.39, 0.29) is 6.03 Å². The molecule has 138 valence electrons. The van der Waals surface area contributed by atoms with Gasteiger partial charge in [-0.15, -0.1) is 0 Å². The van der Waals surface area contributed by atoms with Crippen LogP contribution in [-0.4, -0.2) is 64.7 Å². The van der Waals surface area contributed by atoms with Gasteiger partial charge in [0.1, 0.15) is 0 Å². The first-order valence-electron chi connectivity index (χ1n) is 9.89. The van der Waals surface area contributed by atoms with Crippen molar-refractivity contribution >= 4 is 6.03 Å². The van der Waals surface area contributed by atoms with Gasteiger partial charge in [0.2, 0.25) is 5.89 Å². The minimum atomic E-state index is 0.0363. The van der Waals surface area contributed by atoms with Gasteiger partial charge >= 0.3 is 6.03 Å². The molecule has 0 aromatic carbocycles. The van der Waals surface area contributed by atoms with Crippen molar-refractivity contribution in [1.82, 2.24) is 25.3 Å². The number of urea groups is 1. The van der Waals surface area contributed by atoms with Crippen LogP contribution in [0.5, 0.6) is 0 Å². The van der Waals surface area contributed by atoms with Crippen molar-refractivity contribution in [3.05, 3.63) is 11.7 Å². The quantitative estimate of drug-likeness (QED) is 0.883. The Kier molecular flexibility index (Phi) is 5.20. The van der Waals surface area contributed by atoms with E-state index in [0.29, 0.717) is 24.7 Å². The average Bonchev–Trinajstić information content (AvgIpc) is 3.41. The van der Waals surface area contributed by atoms with Crippen molar-refractivity contribution in [3.63, 3.8) is 0 Å². The first-order valence-corrected chi connectivity index (χ1v) is 9.89. The molecule has 0 unspecified atom stereocenters. The Morgan fingerprint density at radius 3 is 2.56 bits per heavy atom. The largest absolute Gasteiger partial charge is 0.339 e. The van der Waals surface area contributed by atoms with Gasteiger partial charge in [-0.25, -0.2) is 4.79 Å². The van der Waals surface area contributed by atoms with Crippen molar-refractivity contribution in [2.45, 2.75) is 63.3 Å². The van der Waals surface area contributed by atoms with E-state index in [4.69, 9.17) is 4.52 Å². The summed E-state index contributed by atoms with van der Waals surface area (Å²) in [6.45, 7) is 4.24. The molecular weight excluding hydrogens is 318 g/mol. The Bertz CT molecular complexity index is 572. The second-order valence-corrected chi connectivity index (χ2v) is 7.62. The molecule has 7 heteroatoms. The molecule has 1 aliphatic heterocycles. The first kappa shape index (κ1) is 16.8. The van der Waals surface area contributed by atoms with E-state index in [2.05, 4.69) is 20.4 Å². The van der Waals surface area contributed by atoms with Crippen LogP contribution >= 0.6 is 0 Å². The Morgan fingerprint density at radius 1 is 1.08 bits per heavy atom. The molecule has 2 heterocycles. The molecule has 0 radical (unpaired) electrons. The number of rotatable bonds is 5. The summed E-state index contributed by atoms with van der Waals surface area (Å²) >= 11 is 0. The fraction of sp³-hybridized carbons (Fsp3) is 0.833. The lowest BCUT2D eigenvalue weighted by molar-refractivity contribution is 0.0906. The summed E-state index contributed by atoms with van der Waals surface area (Å²) in [5.41, 5.74) is 0. The highest BCUT2D eigenvalue weighted by atomic mass is 16.5. The van der Waals surface area contributed by atoms with Gasteiger partial charge in [0.15, 0.2) is 5.82 Å². The number of piperazine rings is 1. The monoisotopic (exact) mass is 347 g/mol. The van der Waals surface area contributed by atoms with Crippen molar-refractivity contribution in [2.24, 2.45) is 0 Å². The number of nitrogens with one attached hydrogen (secondary N) is 1. The molecule has 2 saturated carbocycles. The zero-order valence-electron chi connectivity index (χ0n) is 15.0. The molecule has 1 saturated heterocycles. The van der Waals surface area contributed by atoms with E-state index in [9.17, 15) is 4.79 Å². The standard InChI is InChI=1S/C18H29N5O2/c24-18(19-9-8-16-20-17(25-21-16)14-6-7-14)23-12-10-22(11-13-23)15-4-2-1-3-5-15/h14-15H,1-13H2,(H,19,24). The van der Waals surface area contributed by atoms with Crippen LogP contribution in [0.2, 0.25) is 0 Å². The third-order valence-corrected chi connectivity index (χ3v) is 5.73. The topological polar surface area (TPSA) is 74.5 Å². The van der Waals surface area contributed by atoms with Gasteiger partial charge in [0.05, 0.1) is 0 Å². The van der Waals surface area contributed by atoms with Crippen molar-refractivity contribution in [3.8, 4) is 0 Å². The highest BCUT2D eigenvalue weighted by Crippen LogP contribution is 2.38. The summed E-state index contributed by atoms with van der Waals surface area (Å²) in [5, 5.41) is 6.99. The maximum Gasteiger partial charge on any atom is 0.317 e. The average molecular weight is 347 g/mol. The minimum Gasteiger partial charge on any atom is -0.339 e. The van der Waals surface area contributed by atoms with E-state index in [1.165, 1.54) is 32.1 Å². The fourth-order valence-corrected chi connectivity index (χ4v) is 3.99. The maximum atomic E-state index is 12.3. The van der Waals surface area contributed by atoms with Gasteiger partial charge < -0.3 is 14.7 Å². The second-order valence-electron chi connectivity index (χ2n) is 7.62. The summed E-state index contributed by atoms with van der Waals surface area (Å²) in [6, 6.07) is 0.784. The second kappa shape index (κ2) is 7.72. The summed E-state index contributed by atoms with van der Waals surface area (Å²) in [4.78, 5) is 21.2. The molecule has 4 rings (SSSR count). The van der Waals surface area contributed by atoms with E-state index in [1.54, 1.807) is 0 Å². The molecule has 3 fully saturated rings. The number of hydrogen-bond acceptors (Lipinski definition) is 5. The van der Waals surface area contributed by atoms with E-state index in [1.807, 2.05) is 4.90 Å². The Balaban J connectivity index is 1.16. The van der Waals surface area contributed by atoms with Gasteiger partial charge in [-0.3, -0.25) is 4.90 Å². The smallest absolute Gasteiger partial charge is 0.317 e. The van der Waals surface area contributed by atoms with Crippen LogP contribution in [0.1, 0.15) is 62.6 Å². The van der Waals surface area contributed by atoms with E-state index >= 15 is 0 Å². The van der Waals surface area contributed by atoms with Gasteiger partial charge in [0.25, 0.3) is 0 Å². The molecular formula is C18H29N5O2. The van der Waals surface area contributed by atoms with Crippen LogP contribution in [0.3, 0.4) is 0 Å². The predicted octanol–water partition coefficient (Wildman–Crippen LogP) is 2.15. The van der Waals surface area contributed by atoms with Crippen LogP contribution in [0.4, 0.5) is 4.79 Å². The van der Waals surface area contributed by atoms with E-state index in [0.717, 1.165) is 51.0 Å². The van der Waals surface area contributed by atoms with Crippen molar-refractivity contribution in [2.75, 3.05) is 32.7 Å². The zero-order chi connectivity index (χ0) is 17.1. The fourth-order valence-electron chi connectivity index (χ4n) is 3.99. The third kappa shape index (κ3) is 4.32. The molecule has 2 aliphatic carbocycles. The van der Waals surface area contributed by atoms with Crippen LogP contribution in [0, 0.1) is 0 Å². The van der Waals surface area contributed by atoms with Crippen LogP contribution < -0.4 is 5.32 Å². The molecule has 1 aromatic rings. The highest BCUT2D eigenvalue weighted by molar-refractivity contribution is 5.74. The Morgan fingerprint density at radius 2 is 1.84 bits per heavy atom. The molecule has 7 nitrogen and oxygen atoms in total. The lowest BCUT2D eigenvalue weighted by atomic mass is 9.94. The van der Waals surface area contributed by atoms with Crippen LogP contribution in [0.25, 0.3) is 0 Å². The summed E-state index contributed by atoms with van der Waals surface area (Å²) in [5.74, 6) is 1.95. The lowest BCUT2D eigenvalue weighted by Gasteiger charge is -2.40. The third-order valence-electron chi connectivity index (χ3n) is 5.73. The number of nitrogens with zero attached hydrogens (tertiary/aromatic N) is 4. The van der Waals surface area contributed by atoms with E-state index < -0.39 is 0 Å². The van der Waals surface area contributed by atoms with Gasteiger partial charge in [-0.1, -0.05) is 24.4 Å². The first-order chi connectivity index (χ1) is 12.3. The maximum absolute atomic E-state index is 12.3. The van der Waals surface area contributed by atoms with Gasteiger partial charge in [-0.2, -0.15) is 4.98 Å². The summed E-state index contributed by atoms with van der Waals surface area (Å²) in [7, 11) is 0. The summed E-state index contributed by atoms with van der Waals surface area (Å²) in [6.07, 6.45) is 9.73. The Hall–Kier alpha value is -1.63. The summed E-state index contributed by atoms with van der Waals surface area (Å²) < 4.78 is 5.24. The molecule has 0 atom stereocenters.